The number of alkyl halides is 7. The molecule has 6 nitrogen and oxygen atoms in total. The summed E-state index contributed by atoms with van der Waals surface area (Å²) in [7, 11) is -8.00. The number of fused-ring (bicyclic) bond motifs is 3. The van der Waals surface area contributed by atoms with Gasteiger partial charge in [-0.2, -0.15) is 26.3 Å². The minimum Gasteiger partial charge on any atom is -0.337 e. The fourth-order valence-electron chi connectivity index (χ4n) is 6.54. The van der Waals surface area contributed by atoms with Crippen molar-refractivity contribution in [1.29, 1.82) is 0 Å². The molecule has 0 aromatic heterocycles. The first-order valence-electron chi connectivity index (χ1n) is 12.7. The van der Waals surface area contributed by atoms with Gasteiger partial charge in [-0.25, -0.2) is 21.2 Å². The van der Waals surface area contributed by atoms with Crippen LogP contribution in [-0.2, 0) is 41.3 Å². The number of amides is 1. The van der Waals surface area contributed by atoms with Crippen LogP contribution in [0.4, 0.5) is 30.7 Å². The normalized spacial score (nSPS) is 26.1. The predicted molar refractivity (Wildman–Crippen MR) is 137 cm³/mol. The Bertz CT molecular complexity index is 1630. The van der Waals surface area contributed by atoms with Crippen LogP contribution < -0.4 is 0 Å². The van der Waals surface area contributed by atoms with Crippen molar-refractivity contribution in [3.63, 3.8) is 0 Å². The van der Waals surface area contributed by atoms with E-state index in [1.54, 1.807) is 0 Å². The lowest BCUT2D eigenvalue weighted by Crippen LogP contribution is -2.53. The zero-order chi connectivity index (χ0) is 31.1. The van der Waals surface area contributed by atoms with Crippen molar-refractivity contribution in [2.75, 3.05) is 18.1 Å². The largest absolute Gasteiger partial charge is 0.435 e. The van der Waals surface area contributed by atoms with Crippen molar-refractivity contribution in [2.45, 2.75) is 59.4 Å². The van der Waals surface area contributed by atoms with Crippen molar-refractivity contribution >= 4 is 37.2 Å². The Hall–Kier alpha value is -2.39. The lowest BCUT2D eigenvalue weighted by Gasteiger charge is -2.43. The Morgan fingerprint density at radius 1 is 0.952 bits per heavy atom. The summed E-state index contributed by atoms with van der Waals surface area (Å²) >= 11 is 5.92. The van der Waals surface area contributed by atoms with Gasteiger partial charge in [0.1, 0.15) is 4.75 Å². The number of hydrogen-bond acceptors (Lipinski definition) is 5. The number of benzene rings is 2. The van der Waals surface area contributed by atoms with Crippen LogP contribution in [0.1, 0.15) is 36.0 Å². The Kier molecular flexibility index (Phi) is 7.25. The van der Waals surface area contributed by atoms with Gasteiger partial charge in [-0.05, 0) is 61.1 Å². The molecule has 42 heavy (non-hydrogen) atoms. The van der Waals surface area contributed by atoms with Crippen LogP contribution in [0, 0.1) is 5.92 Å². The molecule has 2 saturated heterocycles. The van der Waals surface area contributed by atoms with Gasteiger partial charge < -0.3 is 4.90 Å². The highest BCUT2D eigenvalue weighted by Crippen LogP contribution is 2.57. The lowest BCUT2D eigenvalue weighted by molar-refractivity contribution is -0.348. The standard InChI is InChI=1S/C26H23ClF7NO5S2/c27-18-3-5-19(6-4-18)42(39,40)23-10-11-35(22(36)16-9-12-41(37,38)14-16)21(23)8-1-15-13-17(2-7-20(15)23)24(28,25(29,30)31)26(32,33)34/h2-7,13,16,21H,1,8-12,14H2. The maximum Gasteiger partial charge on any atom is 0.435 e. The van der Waals surface area contributed by atoms with E-state index >= 15 is 0 Å². The number of rotatable bonds is 4. The molecule has 2 fully saturated rings. The molecular weight excluding hydrogens is 639 g/mol. The van der Waals surface area contributed by atoms with E-state index in [1.807, 2.05) is 0 Å². The third-order valence-corrected chi connectivity index (χ3v) is 13.1. The maximum absolute atomic E-state index is 14.9. The summed E-state index contributed by atoms with van der Waals surface area (Å²) in [6, 6.07) is 5.31. The third-order valence-electron chi connectivity index (χ3n) is 8.53. The van der Waals surface area contributed by atoms with Gasteiger partial charge in [0.25, 0.3) is 0 Å². The molecule has 0 radical (unpaired) electrons. The van der Waals surface area contributed by atoms with Crippen molar-refractivity contribution in [3.05, 3.63) is 64.2 Å². The van der Waals surface area contributed by atoms with E-state index < -0.39 is 71.6 Å². The highest BCUT2D eigenvalue weighted by atomic mass is 35.5. The number of hydrogen-bond donors (Lipinski definition) is 0. The molecule has 16 heteroatoms. The summed E-state index contributed by atoms with van der Waals surface area (Å²) < 4.78 is 147. The zero-order valence-corrected chi connectivity index (χ0v) is 23.9. The summed E-state index contributed by atoms with van der Waals surface area (Å²) in [5.74, 6) is -2.14. The molecule has 3 atom stereocenters. The molecule has 0 N–H and O–H groups in total. The van der Waals surface area contributed by atoms with Crippen LogP contribution in [0.2, 0.25) is 5.02 Å². The van der Waals surface area contributed by atoms with Crippen LogP contribution in [0.15, 0.2) is 47.4 Å². The molecule has 1 aliphatic carbocycles. The minimum absolute atomic E-state index is 0.0364. The highest BCUT2D eigenvalue weighted by molar-refractivity contribution is 7.92. The molecular formula is C26H23ClF7NO5S2. The third kappa shape index (κ3) is 4.52. The number of aryl methyl sites for hydroxylation is 1. The van der Waals surface area contributed by atoms with Gasteiger partial charge in [0, 0.05) is 17.1 Å². The number of nitrogens with zero attached hydrogens (tertiary/aromatic N) is 1. The average Bonchev–Trinajstić information content (AvgIpc) is 3.47. The summed E-state index contributed by atoms with van der Waals surface area (Å²) in [5, 5.41) is 0.195. The van der Waals surface area contributed by atoms with Crippen LogP contribution in [0.5, 0.6) is 0 Å². The number of sulfone groups is 2. The smallest absolute Gasteiger partial charge is 0.337 e. The van der Waals surface area contributed by atoms with Crippen molar-refractivity contribution in [3.8, 4) is 0 Å². The van der Waals surface area contributed by atoms with Crippen molar-refractivity contribution in [2.24, 2.45) is 5.92 Å². The molecule has 2 aromatic carbocycles. The van der Waals surface area contributed by atoms with E-state index in [0.717, 1.165) is 6.07 Å². The van der Waals surface area contributed by atoms with Gasteiger partial charge in [0.15, 0.2) is 19.7 Å². The Balaban J connectivity index is 1.68. The van der Waals surface area contributed by atoms with Gasteiger partial charge in [-0.3, -0.25) is 4.79 Å². The Morgan fingerprint density at radius 2 is 1.57 bits per heavy atom. The minimum atomic E-state index is -6.36. The lowest BCUT2D eigenvalue weighted by atomic mass is 9.76. The van der Waals surface area contributed by atoms with E-state index in [-0.39, 0.29) is 65.1 Å². The summed E-state index contributed by atoms with van der Waals surface area (Å²) in [5.41, 5.74) is -7.81. The van der Waals surface area contributed by atoms with Gasteiger partial charge in [0.2, 0.25) is 5.91 Å². The average molecular weight is 662 g/mol. The quantitative estimate of drug-likeness (QED) is 0.416. The molecule has 2 aromatic rings. The number of carbonyl (C=O) groups excluding carboxylic acids is 1. The molecule has 3 aliphatic rings. The topological polar surface area (TPSA) is 88.6 Å². The molecule has 230 valence electrons. The predicted octanol–water partition coefficient (Wildman–Crippen LogP) is 5.28. The maximum atomic E-state index is 14.9. The second-order valence-corrected chi connectivity index (χ2v) is 15.7. The monoisotopic (exact) mass is 661 g/mol. The second kappa shape index (κ2) is 9.81. The molecule has 0 saturated carbocycles. The fraction of sp³-hybridized carbons (Fsp3) is 0.500. The van der Waals surface area contributed by atoms with Gasteiger partial charge in [-0.1, -0.05) is 29.8 Å². The zero-order valence-electron chi connectivity index (χ0n) is 21.5. The first kappa shape index (κ1) is 31.0. The van der Waals surface area contributed by atoms with E-state index in [2.05, 4.69) is 0 Å². The second-order valence-electron chi connectivity index (χ2n) is 10.8. The summed E-state index contributed by atoms with van der Waals surface area (Å²) in [6.07, 6.45) is -13.4. The number of carbonyl (C=O) groups is 1. The van der Waals surface area contributed by atoms with Gasteiger partial charge in [-0.15, -0.1) is 0 Å². The molecule has 3 unspecified atom stereocenters. The van der Waals surface area contributed by atoms with Crippen LogP contribution >= 0.6 is 11.6 Å². The van der Waals surface area contributed by atoms with Crippen molar-refractivity contribution in [1.82, 2.24) is 4.90 Å². The van der Waals surface area contributed by atoms with Crippen LogP contribution in [-0.4, -0.2) is 64.1 Å². The summed E-state index contributed by atoms with van der Waals surface area (Å²) in [6.45, 7) is -0.161. The molecule has 2 aliphatic heterocycles. The number of halogens is 8. The van der Waals surface area contributed by atoms with E-state index in [1.165, 1.54) is 29.2 Å². The molecule has 5 rings (SSSR count). The van der Waals surface area contributed by atoms with E-state index in [4.69, 9.17) is 11.6 Å². The first-order chi connectivity index (χ1) is 19.3. The first-order valence-corrected chi connectivity index (χ1v) is 16.4. The van der Waals surface area contributed by atoms with Crippen LogP contribution in [0.3, 0.4) is 0 Å². The van der Waals surface area contributed by atoms with E-state index in [0.29, 0.717) is 6.07 Å². The summed E-state index contributed by atoms with van der Waals surface area (Å²) in [4.78, 5) is 14.5. The van der Waals surface area contributed by atoms with Crippen molar-refractivity contribution < 1.29 is 52.4 Å². The SMILES string of the molecule is O=C(C1CCS(=O)(=O)C1)N1CCC2(S(=O)(=O)c3ccc(Cl)cc3)c3ccc(C(F)(C(F)(F)F)C(F)(F)F)cc3CCC12. The molecule has 2 heterocycles. The van der Waals surface area contributed by atoms with Gasteiger partial charge >= 0.3 is 18.0 Å². The molecule has 0 bridgehead atoms. The fourth-order valence-corrected chi connectivity index (χ4v) is 10.8. The van der Waals surface area contributed by atoms with E-state index in [9.17, 15) is 52.4 Å². The number of likely N-dealkylation sites (tertiary alicyclic amines) is 1. The Morgan fingerprint density at radius 3 is 2.12 bits per heavy atom. The highest BCUT2D eigenvalue weighted by Gasteiger charge is 2.74. The van der Waals surface area contributed by atoms with Gasteiger partial charge in [0.05, 0.1) is 28.4 Å². The van der Waals surface area contributed by atoms with Crippen LogP contribution in [0.25, 0.3) is 0 Å². The Labute approximate surface area is 241 Å². The molecule has 1 amide bonds. The molecule has 0 spiro atoms.